The van der Waals surface area contributed by atoms with Crippen LogP contribution in [0.15, 0.2) is 0 Å². The van der Waals surface area contributed by atoms with E-state index in [1.54, 1.807) is 0 Å². The Labute approximate surface area is 99.0 Å². The van der Waals surface area contributed by atoms with Gasteiger partial charge in [-0.05, 0) is 31.9 Å². The van der Waals surface area contributed by atoms with Crippen molar-refractivity contribution in [1.29, 1.82) is 0 Å². The Bertz CT molecular complexity index is 186. The first kappa shape index (κ1) is 13.3. The highest BCUT2D eigenvalue weighted by atomic mass is 32.2. The summed E-state index contributed by atoms with van der Waals surface area (Å²) in [5.74, 6) is 3.11. The van der Waals surface area contributed by atoms with E-state index in [4.69, 9.17) is 5.73 Å². The number of likely N-dealkylation sites (tertiary alicyclic amines) is 1. The zero-order valence-electron chi connectivity index (χ0n) is 10.6. The minimum atomic E-state index is 0.405. The number of thioether (sulfide) groups is 1. The third-order valence-corrected chi connectivity index (χ3v) is 4.94. The fourth-order valence-electron chi connectivity index (χ4n) is 2.43. The first-order valence-corrected chi connectivity index (χ1v) is 7.32. The molecule has 0 aromatic heterocycles. The number of hydrogen-bond acceptors (Lipinski definition) is 3. The van der Waals surface area contributed by atoms with E-state index in [9.17, 15) is 0 Å². The van der Waals surface area contributed by atoms with Gasteiger partial charge >= 0.3 is 0 Å². The van der Waals surface area contributed by atoms with Crippen molar-refractivity contribution in [2.24, 2.45) is 11.7 Å². The molecule has 0 spiro atoms. The van der Waals surface area contributed by atoms with Crippen LogP contribution in [0.4, 0.5) is 0 Å². The second kappa shape index (κ2) is 6.12. The largest absolute Gasteiger partial charge is 0.327 e. The normalized spacial score (nSPS) is 35.4. The third kappa shape index (κ3) is 3.36. The predicted molar refractivity (Wildman–Crippen MR) is 70.4 cm³/mol. The Hall–Kier alpha value is 0.270. The van der Waals surface area contributed by atoms with Gasteiger partial charge in [0.2, 0.25) is 0 Å². The standard InChI is InChI=1S/C12H26N2S/c1-5-15-8-9(2)14-7-6-12(13)10(3)11(14)4/h9-12H,5-8,13H2,1-4H3. The van der Waals surface area contributed by atoms with Crippen LogP contribution < -0.4 is 5.73 Å². The maximum Gasteiger partial charge on any atom is 0.0161 e. The van der Waals surface area contributed by atoms with Crippen molar-refractivity contribution in [3.8, 4) is 0 Å². The first-order chi connectivity index (χ1) is 7.07. The lowest BCUT2D eigenvalue weighted by molar-refractivity contribution is 0.0715. The van der Waals surface area contributed by atoms with E-state index < -0.39 is 0 Å². The molecule has 0 saturated carbocycles. The molecular weight excluding hydrogens is 204 g/mol. The van der Waals surface area contributed by atoms with Crippen molar-refractivity contribution in [3.63, 3.8) is 0 Å². The van der Waals surface area contributed by atoms with E-state index in [0.29, 0.717) is 24.0 Å². The second-order valence-corrected chi connectivity index (χ2v) is 6.12. The number of nitrogens with zero attached hydrogens (tertiary/aromatic N) is 1. The molecule has 0 radical (unpaired) electrons. The van der Waals surface area contributed by atoms with E-state index in [-0.39, 0.29) is 0 Å². The summed E-state index contributed by atoms with van der Waals surface area (Å²) in [5, 5.41) is 0. The number of nitrogens with two attached hydrogens (primary N) is 1. The van der Waals surface area contributed by atoms with E-state index >= 15 is 0 Å². The summed E-state index contributed by atoms with van der Waals surface area (Å²) in [4.78, 5) is 2.64. The molecule has 1 fully saturated rings. The van der Waals surface area contributed by atoms with Crippen LogP contribution in [0.1, 0.15) is 34.1 Å². The van der Waals surface area contributed by atoms with Crippen LogP contribution in [0, 0.1) is 5.92 Å². The summed E-state index contributed by atoms with van der Waals surface area (Å²) in [5.41, 5.74) is 6.10. The fourth-order valence-corrected chi connectivity index (χ4v) is 3.20. The van der Waals surface area contributed by atoms with Crippen LogP contribution in [0.5, 0.6) is 0 Å². The molecule has 4 atom stereocenters. The highest BCUT2D eigenvalue weighted by Gasteiger charge is 2.32. The average molecular weight is 230 g/mol. The van der Waals surface area contributed by atoms with Crippen LogP contribution in [0.25, 0.3) is 0 Å². The van der Waals surface area contributed by atoms with Gasteiger partial charge in [0.1, 0.15) is 0 Å². The Morgan fingerprint density at radius 3 is 2.73 bits per heavy atom. The molecule has 15 heavy (non-hydrogen) atoms. The molecule has 0 aliphatic carbocycles. The molecular formula is C12H26N2S. The average Bonchev–Trinajstić information content (AvgIpc) is 2.23. The van der Waals surface area contributed by atoms with Gasteiger partial charge in [0.25, 0.3) is 0 Å². The van der Waals surface area contributed by atoms with Gasteiger partial charge < -0.3 is 5.73 Å². The highest BCUT2D eigenvalue weighted by Crippen LogP contribution is 2.25. The van der Waals surface area contributed by atoms with Crippen molar-refractivity contribution in [3.05, 3.63) is 0 Å². The molecule has 0 aromatic rings. The predicted octanol–water partition coefficient (Wildman–Crippen LogP) is 2.19. The molecule has 0 aromatic carbocycles. The monoisotopic (exact) mass is 230 g/mol. The molecule has 1 aliphatic heterocycles. The summed E-state index contributed by atoms with van der Waals surface area (Å²) in [6, 6.07) is 1.74. The lowest BCUT2D eigenvalue weighted by Crippen LogP contribution is -2.55. The molecule has 1 rings (SSSR count). The minimum absolute atomic E-state index is 0.405. The minimum Gasteiger partial charge on any atom is -0.327 e. The van der Waals surface area contributed by atoms with Gasteiger partial charge in [0.05, 0.1) is 0 Å². The lowest BCUT2D eigenvalue weighted by Gasteiger charge is -2.44. The maximum atomic E-state index is 6.10. The molecule has 2 nitrogen and oxygen atoms in total. The van der Waals surface area contributed by atoms with Crippen molar-refractivity contribution in [2.75, 3.05) is 18.1 Å². The zero-order valence-corrected chi connectivity index (χ0v) is 11.4. The molecule has 3 heteroatoms. The molecule has 1 aliphatic rings. The Morgan fingerprint density at radius 1 is 1.47 bits per heavy atom. The van der Waals surface area contributed by atoms with Crippen molar-refractivity contribution in [1.82, 2.24) is 4.90 Å². The Kier molecular flexibility index (Phi) is 5.44. The summed E-state index contributed by atoms with van der Waals surface area (Å²) in [6.45, 7) is 10.4. The summed E-state index contributed by atoms with van der Waals surface area (Å²) in [7, 11) is 0. The van der Waals surface area contributed by atoms with Gasteiger partial charge in [-0.25, -0.2) is 0 Å². The Morgan fingerprint density at radius 2 is 2.13 bits per heavy atom. The van der Waals surface area contributed by atoms with E-state index in [1.807, 2.05) is 11.8 Å². The Balaban J connectivity index is 2.47. The molecule has 1 saturated heterocycles. The topological polar surface area (TPSA) is 29.3 Å². The molecule has 1 heterocycles. The number of rotatable bonds is 4. The van der Waals surface area contributed by atoms with Gasteiger partial charge in [-0.1, -0.05) is 13.8 Å². The SMILES string of the molecule is CCSCC(C)N1CCC(N)C(C)C1C. The second-order valence-electron chi connectivity index (χ2n) is 4.80. The third-order valence-electron chi connectivity index (χ3n) is 3.81. The highest BCUT2D eigenvalue weighted by molar-refractivity contribution is 7.99. The van der Waals surface area contributed by atoms with Crippen molar-refractivity contribution in [2.45, 2.75) is 52.2 Å². The first-order valence-electron chi connectivity index (χ1n) is 6.17. The molecule has 2 N–H and O–H groups in total. The summed E-state index contributed by atoms with van der Waals surface area (Å²) in [6.07, 6.45) is 1.16. The summed E-state index contributed by atoms with van der Waals surface area (Å²) < 4.78 is 0. The zero-order chi connectivity index (χ0) is 11.4. The molecule has 4 unspecified atom stereocenters. The van der Waals surface area contributed by atoms with Gasteiger partial charge in [-0.2, -0.15) is 11.8 Å². The van der Waals surface area contributed by atoms with Gasteiger partial charge in [0, 0.05) is 30.4 Å². The number of hydrogen-bond donors (Lipinski definition) is 1. The van der Waals surface area contributed by atoms with Crippen LogP contribution in [0.2, 0.25) is 0 Å². The van der Waals surface area contributed by atoms with Crippen LogP contribution in [0.3, 0.4) is 0 Å². The van der Waals surface area contributed by atoms with Crippen LogP contribution in [-0.2, 0) is 0 Å². The number of piperidine rings is 1. The fraction of sp³-hybridized carbons (Fsp3) is 1.00. The molecule has 90 valence electrons. The van der Waals surface area contributed by atoms with Gasteiger partial charge in [0.15, 0.2) is 0 Å². The lowest BCUT2D eigenvalue weighted by atomic mass is 9.87. The van der Waals surface area contributed by atoms with Gasteiger partial charge in [-0.3, -0.25) is 4.90 Å². The van der Waals surface area contributed by atoms with E-state index in [2.05, 4.69) is 32.6 Å². The maximum absolute atomic E-state index is 6.10. The molecule has 0 bridgehead atoms. The summed E-state index contributed by atoms with van der Waals surface area (Å²) >= 11 is 2.04. The van der Waals surface area contributed by atoms with E-state index in [1.165, 1.54) is 18.1 Å². The quantitative estimate of drug-likeness (QED) is 0.803. The van der Waals surface area contributed by atoms with Crippen LogP contribution in [-0.4, -0.2) is 41.1 Å². The van der Waals surface area contributed by atoms with Gasteiger partial charge in [-0.15, -0.1) is 0 Å². The smallest absolute Gasteiger partial charge is 0.0161 e. The van der Waals surface area contributed by atoms with Crippen molar-refractivity contribution < 1.29 is 0 Å². The van der Waals surface area contributed by atoms with E-state index in [0.717, 1.165) is 6.42 Å². The van der Waals surface area contributed by atoms with Crippen LogP contribution >= 0.6 is 11.8 Å². The molecule has 0 amide bonds. The van der Waals surface area contributed by atoms with Crippen molar-refractivity contribution >= 4 is 11.8 Å².